The van der Waals surface area contributed by atoms with E-state index < -0.39 is 0 Å². The Kier molecular flexibility index (Phi) is 3.35. The fourth-order valence-corrected chi connectivity index (χ4v) is 1.53. The van der Waals surface area contributed by atoms with Crippen LogP contribution in [0, 0.1) is 18.3 Å². The predicted molar refractivity (Wildman–Crippen MR) is 69.6 cm³/mol. The lowest BCUT2D eigenvalue weighted by molar-refractivity contribution is 0.462. The van der Waals surface area contributed by atoms with E-state index in [2.05, 4.69) is 4.98 Å². The summed E-state index contributed by atoms with van der Waals surface area (Å²) in [5.74, 6) is 0.774. The van der Waals surface area contributed by atoms with E-state index in [0.29, 0.717) is 22.2 Å². The standard InChI is InChI=1S/C13H10ClN3O/c1-8-2-3-9(7-15)6-11(8)18-13-10(16)4-5-12(14)17-13/h2-6H,16H2,1H3. The molecule has 1 aromatic carbocycles. The number of ether oxygens (including phenoxy) is 1. The minimum atomic E-state index is 0.237. The molecule has 0 atom stereocenters. The third-order valence-corrected chi connectivity index (χ3v) is 2.59. The van der Waals surface area contributed by atoms with Crippen LogP contribution >= 0.6 is 11.6 Å². The number of nitrogens with two attached hydrogens (primary N) is 1. The van der Waals surface area contributed by atoms with Crippen molar-refractivity contribution >= 4 is 17.3 Å². The SMILES string of the molecule is Cc1ccc(C#N)cc1Oc1nc(Cl)ccc1N. The molecule has 18 heavy (non-hydrogen) atoms. The summed E-state index contributed by atoms with van der Waals surface area (Å²) in [6.07, 6.45) is 0. The summed E-state index contributed by atoms with van der Waals surface area (Å²) < 4.78 is 5.59. The van der Waals surface area contributed by atoms with E-state index in [1.165, 1.54) is 0 Å². The van der Waals surface area contributed by atoms with E-state index in [-0.39, 0.29) is 5.88 Å². The zero-order valence-electron chi connectivity index (χ0n) is 9.64. The number of hydrogen-bond donors (Lipinski definition) is 1. The van der Waals surface area contributed by atoms with Gasteiger partial charge in [-0.25, -0.2) is 0 Å². The monoisotopic (exact) mass is 259 g/mol. The van der Waals surface area contributed by atoms with Gasteiger partial charge in [-0.3, -0.25) is 0 Å². The van der Waals surface area contributed by atoms with Gasteiger partial charge in [-0.2, -0.15) is 10.2 Å². The maximum absolute atomic E-state index is 8.85. The first-order chi connectivity index (χ1) is 8.60. The molecule has 0 bridgehead atoms. The Morgan fingerprint density at radius 1 is 1.33 bits per heavy atom. The topological polar surface area (TPSA) is 71.9 Å². The number of halogens is 1. The van der Waals surface area contributed by atoms with Crippen LogP contribution in [-0.4, -0.2) is 4.98 Å². The first kappa shape index (κ1) is 12.2. The Morgan fingerprint density at radius 2 is 2.11 bits per heavy atom. The normalized spacial score (nSPS) is 9.83. The lowest BCUT2D eigenvalue weighted by Gasteiger charge is -2.10. The molecular weight excluding hydrogens is 250 g/mol. The molecule has 2 N–H and O–H groups in total. The zero-order chi connectivity index (χ0) is 13.1. The van der Waals surface area contributed by atoms with Crippen molar-refractivity contribution in [2.24, 2.45) is 0 Å². The van der Waals surface area contributed by atoms with Crippen LogP contribution in [0.5, 0.6) is 11.6 Å². The van der Waals surface area contributed by atoms with E-state index in [1.807, 2.05) is 13.0 Å². The number of aryl methyl sites for hydroxylation is 1. The van der Waals surface area contributed by atoms with Crippen molar-refractivity contribution in [2.45, 2.75) is 6.92 Å². The van der Waals surface area contributed by atoms with Crippen molar-refractivity contribution in [3.05, 3.63) is 46.6 Å². The molecule has 2 aromatic rings. The summed E-state index contributed by atoms with van der Waals surface area (Å²) in [4.78, 5) is 4.00. The number of aromatic nitrogens is 1. The number of pyridine rings is 1. The molecule has 2 rings (SSSR count). The molecule has 0 radical (unpaired) electrons. The van der Waals surface area contributed by atoms with Crippen LogP contribution in [0.4, 0.5) is 5.69 Å². The van der Waals surface area contributed by atoms with E-state index >= 15 is 0 Å². The van der Waals surface area contributed by atoms with Crippen LogP contribution in [0.2, 0.25) is 5.15 Å². The van der Waals surface area contributed by atoms with Crippen molar-refractivity contribution in [1.29, 1.82) is 5.26 Å². The van der Waals surface area contributed by atoms with Gasteiger partial charge in [0.15, 0.2) is 0 Å². The largest absolute Gasteiger partial charge is 0.437 e. The average molecular weight is 260 g/mol. The molecule has 90 valence electrons. The summed E-state index contributed by atoms with van der Waals surface area (Å²) in [5.41, 5.74) is 7.53. The van der Waals surface area contributed by atoms with Gasteiger partial charge in [-0.05, 0) is 36.8 Å². The van der Waals surface area contributed by atoms with Gasteiger partial charge in [0.05, 0.1) is 17.3 Å². The van der Waals surface area contributed by atoms with Crippen LogP contribution in [0.1, 0.15) is 11.1 Å². The van der Waals surface area contributed by atoms with Gasteiger partial charge in [0.2, 0.25) is 5.88 Å². The van der Waals surface area contributed by atoms with Gasteiger partial charge in [0.1, 0.15) is 10.9 Å². The molecule has 0 amide bonds. The van der Waals surface area contributed by atoms with Crippen molar-refractivity contribution < 1.29 is 4.74 Å². The molecular formula is C13H10ClN3O. The number of anilines is 1. The highest BCUT2D eigenvalue weighted by molar-refractivity contribution is 6.29. The Labute approximate surface area is 110 Å². The van der Waals surface area contributed by atoms with Crippen molar-refractivity contribution in [2.75, 3.05) is 5.73 Å². The second-order valence-corrected chi connectivity index (χ2v) is 4.11. The van der Waals surface area contributed by atoms with E-state index in [0.717, 1.165) is 5.56 Å². The molecule has 0 fully saturated rings. The summed E-state index contributed by atoms with van der Waals surface area (Å²) in [7, 11) is 0. The molecule has 0 aliphatic heterocycles. The number of hydrogen-bond acceptors (Lipinski definition) is 4. The van der Waals surface area contributed by atoms with E-state index in [9.17, 15) is 0 Å². The molecule has 0 unspecified atom stereocenters. The van der Waals surface area contributed by atoms with Crippen LogP contribution in [-0.2, 0) is 0 Å². The van der Waals surface area contributed by atoms with Crippen LogP contribution < -0.4 is 10.5 Å². The van der Waals surface area contributed by atoms with Crippen LogP contribution in [0.15, 0.2) is 30.3 Å². The summed E-state index contributed by atoms with van der Waals surface area (Å²) in [6, 6.07) is 10.4. The second kappa shape index (κ2) is 4.94. The highest BCUT2D eigenvalue weighted by atomic mass is 35.5. The fourth-order valence-electron chi connectivity index (χ4n) is 1.39. The number of nitrogens with zero attached hydrogens (tertiary/aromatic N) is 2. The fraction of sp³-hybridized carbons (Fsp3) is 0.0769. The second-order valence-electron chi connectivity index (χ2n) is 3.72. The number of rotatable bonds is 2. The van der Waals surface area contributed by atoms with Gasteiger partial charge < -0.3 is 10.5 Å². The first-order valence-corrected chi connectivity index (χ1v) is 5.58. The molecule has 1 aromatic heterocycles. The van der Waals surface area contributed by atoms with Gasteiger partial charge in [-0.15, -0.1) is 0 Å². The number of nitriles is 1. The maximum atomic E-state index is 8.85. The molecule has 0 saturated carbocycles. The van der Waals surface area contributed by atoms with E-state index in [1.54, 1.807) is 30.3 Å². The summed E-state index contributed by atoms with van der Waals surface area (Å²) in [6.45, 7) is 1.87. The Balaban J connectivity index is 2.39. The minimum absolute atomic E-state index is 0.237. The molecule has 0 aliphatic rings. The van der Waals surface area contributed by atoms with Crippen LogP contribution in [0.25, 0.3) is 0 Å². The molecule has 5 heteroatoms. The lowest BCUT2D eigenvalue weighted by atomic mass is 10.1. The maximum Gasteiger partial charge on any atom is 0.244 e. The molecule has 0 saturated heterocycles. The molecule has 1 heterocycles. The number of benzene rings is 1. The third-order valence-electron chi connectivity index (χ3n) is 2.38. The van der Waals surface area contributed by atoms with Gasteiger partial charge in [0.25, 0.3) is 0 Å². The zero-order valence-corrected chi connectivity index (χ0v) is 10.4. The molecule has 0 spiro atoms. The third kappa shape index (κ3) is 2.53. The predicted octanol–water partition coefficient (Wildman–Crippen LogP) is 3.29. The Bertz CT molecular complexity index is 635. The summed E-state index contributed by atoms with van der Waals surface area (Å²) in [5, 5.41) is 9.15. The number of nitrogen functional groups attached to an aromatic ring is 1. The molecule has 4 nitrogen and oxygen atoms in total. The smallest absolute Gasteiger partial charge is 0.244 e. The Hall–Kier alpha value is -2.25. The van der Waals surface area contributed by atoms with E-state index in [4.69, 9.17) is 27.3 Å². The molecule has 0 aliphatic carbocycles. The minimum Gasteiger partial charge on any atom is -0.437 e. The van der Waals surface area contributed by atoms with Crippen LogP contribution in [0.3, 0.4) is 0 Å². The average Bonchev–Trinajstić information content (AvgIpc) is 2.36. The van der Waals surface area contributed by atoms with Gasteiger partial charge in [0, 0.05) is 0 Å². The van der Waals surface area contributed by atoms with Crippen molar-refractivity contribution in [1.82, 2.24) is 4.98 Å². The van der Waals surface area contributed by atoms with Gasteiger partial charge in [-0.1, -0.05) is 17.7 Å². The highest BCUT2D eigenvalue weighted by Crippen LogP contribution is 2.29. The lowest BCUT2D eigenvalue weighted by Crippen LogP contribution is -1.96. The van der Waals surface area contributed by atoms with Gasteiger partial charge >= 0.3 is 0 Å². The highest BCUT2D eigenvalue weighted by Gasteiger charge is 2.08. The summed E-state index contributed by atoms with van der Waals surface area (Å²) >= 11 is 5.78. The van der Waals surface area contributed by atoms with Crippen molar-refractivity contribution in [3.63, 3.8) is 0 Å². The Morgan fingerprint density at radius 3 is 2.83 bits per heavy atom. The first-order valence-electron chi connectivity index (χ1n) is 5.21. The van der Waals surface area contributed by atoms with Crippen molar-refractivity contribution in [3.8, 4) is 17.7 Å². The quantitative estimate of drug-likeness (QED) is 0.840.